The van der Waals surface area contributed by atoms with Crippen LogP contribution < -0.4 is 5.32 Å². The maximum Gasteiger partial charge on any atom is 0.369 e. The topological polar surface area (TPSA) is 94.2 Å². The van der Waals surface area contributed by atoms with Crippen molar-refractivity contribution in [2.75, 3.05) is 20.8 Å². The maximum absolute atomic E-state index is 14.0. The van der Waals surface area contributed by atoms with Crippen molar-refractivity contribution in [3.05, 3.63) is 83.2 Å². The summed E-state index contributed by atoms with van der Waals surface area (Å²) in [6, 6.07) is 17.3. The molecule has 1 saturated heterocycles. The predicted molar refractivity (Wildman–Crippen MR) is 145 cm³/mol. The van der Waals surface area contributed by atoms with Crippen molar-refractivity contribution in [1.29, 1.82) is 0 Å². The van der Waals surface area contributed by atoms with E-state index >= 15 is 0 Å². The van der Waals surface area contributed by atoms with Crippen molar-refractivity contribution in [2.45, 2.75) is 45.3 Å². The molecule has 3 rings (SSSR count). The Labute approximate surface area is 224 Å². The zero-order valence-electron chi connectivity index (χ0n) is 22.4. The number of esters is 1. The van der Waals surface area contributed by atoms with E-state index in [1.807, 2.05) is 43.3 Å². The molecule has 3 amide bonds. The number of unbranched alkanes of at least 4 members (excludes halogenated alkanes) is 1. The van der Waals surface area contributed by atoms with Crippen molar-refractivity contribution in [3.63, 3.8) is 0 Å². The Balaban J connectivity index is 2.15. The summed E-state index contributed by atoms with van der Waals surface area (Å²) in [6.07, 6.45) is 6.88. The van der Waals surface area contributed by atoms with Gasteiger partial charge in [-0.2, -0.15) is 0 Å². The molecule has 0 aliphatic carbocycles. The number of hydrogen-bond donors (Lipinski definition) is 1. The van der Waals surface area contributed by atoms with Gasteiger partial charge >= 0.3 is 17.7 Å². The van der Waals surface area contributed by atoms with Crippen LogP contribution in [0.2, 0.25) is 0 Å². The van der Waals surface area contributed by atoms with Gasteiger partial charge in [0, 0.05) is 7.11 Å². The molecule has 2 atom stereocenters. The summed E-state index contributed by atoms with van der Waals surface area (Å²) < 4.78 is 17.4. The SMILES string of the molecule is CCCCC(CC)COC(=O)C(OC)(C(=Cc1ccccc1)OC)N1C(=O)NC(=O)C1=Cc1ccccc1. The fraction of sp³-hybridized carbons (Fsp3) is 0.367. The number of carbonyl (C=O) groups excluding carboxylic acids is 3. The number of hydrogen-bond acceptors (Lipinski definition) is 6. The van der Waals surface area contributed by atoms with Crippen LogP contribution in [0.5, 0.6) is 0 Å². The van der Waals surface area contributed by atoms with Gasteiger partial charge in [0.05, 0.1) is 13.7 Å². The van der Waals surface area contributed by atoms with Crippen molar-refractivity contribution in [1.82, 2.24) is 10.2 Å². The number of benzene rings is 2. The van der Waals surface area contributed by atoms with Crippen LogP contribution in [0.15, 0.2) is 72.1 Å². The van der Waals surface area contributed by atoms with E-state index in [0.29, 0.717) is 11.1 Å². The van der Waals surface area contributed by atoms with Gasteiger partial charge in [-0.15, -0.1) is 0 Å². The third kappa shape index (κ3) is 6.31. The number of ether oxygens (including phenoxy) is 3. The monoisotopic (exact) mass is 520 g/mol. The van der Waals surface area contributed by atoms with Crippen molar-refractivity contribution in [3.8, 4) is 0 Å². The molecule has 1 fully saturated rings. The molecular formula is C30H36N2O6. The van der Waals surface area contributed by atoms with E-state index in [1.54, 1.807) is 30.3 Å². The summed E-state index contributed by atoms with van der Waals surface area (Å²) in [5.74, 6) is -1.40. The Kier molecular flexibility index (Phi) is 10.2. The number of rotatable bonds is 13. The molecule has 1 aliphatic heterocycles. The predicted octanol–water partition coefficient (Wildman–Crippen LogP) is 5.37. The molecule has 2 aromatic rings. The van der Waals surface area contributed by atoms with E-state index in [-0.39, 0.29) is 24.0 Å². The molecule has 2 aromatic carbocycles. The molecule has 8 heteroatoms. The maximum atomic E-state index is 14.0. The molecule has 0 saturated carbocycles. The van der Waals surface area contributed by atoms with Crippen LogP contribution in [-0.4, -0.2) is 49.4 Å². The average Bonchev–Trinajstić information content (AvgIpc) is 3.22. The Morgan fingerprint density at radius 2 is 1.63 bits per heavy atom. The third-order valence-electron chi connectivity index (χ3n) is 6.53. The van der Waals surface area contributed by atoms with E-state index in [0.717, 1.165) is 30.6 Å². The molecule has 1 aliphatic rings. The quantitative estimate of drug-likeness (QED) is 0.165. The highest BCUT2D eigenvalue weighted by Gasteiger charge is 2.58. The van der Waals surface area contributed by atoms with Crippen LogP contribution in [-0.2, 0) is 23.8 Å². The summed E-state index contributed by atoms with van der Waals surface area (Å²) in [6.45, 7) is 4.29. The van der Waals surface area contributed by atoms with E-state index in [4.69, 9.17) is 14.2 Å². The van der Waals surface area contributed by atoms with Crippen LogP contribution in [0.1, 0.15) is 50.7 Å². The third-order valence-corrected chi connectivity index (χ3v) is 6.53. The second kappa shape index (κ2) is 13.6. The second-order valence-corrected chi connectivity index (χ2v) is 9.02. The fourth-order valence-corrected chi connectivity index (χ4v) is 4.34. The van der Waals surface area contributed by atoms with Crippen LogP contribution >= 0.6 is 0 Å². The molecule has 8 nitrogen and oxygen atoms in total. The first-order valence-corrected chi connectivity index (χ1v) is 12.9. The van der Waals surface area contributed by atoms with E-state index in [9.17, 15) is 14.4 Å². The van der Waals surface area contributed by atoms with Crippen molar-refractivity contribution >= 4 is 30.1 Å². The highest BCUT2D eigenvalue weighted by atomic mass is 16.6. The molecule has 202 valence electrons. The highest BCUT2D eigenvalue weighted by molar-refractivity contribution is 6.15. The number of imide groups is 1. The lowest BCUT2D eigenvalue weighted by Gasteiger charge is -2.38. The minimum Gasteiger partial charge on any atom is -0.495 e. The van der Waals surface area contributed by atoms with Gasteiger partial charge in [0.1, 0.15) is 5.70 Å². The summed E-state index contributed by atoms with van der Waals surface area (Å²) in [5, 5.41) is 2.29. The molecule has 38 heavy (non-hydrogen) atoms. The summed E-state index contributed by atoms with van der Waals surface area (Å²) in [4.78, 5) is 41.2. The molecule has 0 spiro atoms. The first-order valence-electron chi connectivity index (χ1n) is 12.9. The van der Waals surface area contributed by atoms with Gasteiger partial charge < -0.3 is 14.2 Å². The first kappa shape index (κ1) is 28.7. The van der Waals surface area contributed by atoms with Gasteiger partial charge in [-0.3, -0.25) is 10.1 Å². The lowest BCUT2D eigenvalue weighted by molar-refractivity contribution is -0.185. The number of carbonyl (C=O) groups is 3. The van der Waals surface area contributed by atoms with Crippen molar-refractivity contribution < 1.29 is 28.6 Å². The van der Waals surface area contributed by atoms with Gasteiger partial charge in [0.25, 0.3) is 5.91 Å². The van der Waals surface area contributed by atoms with E-state index in [1.165, 1.54) is 20.3 Å². The molecular weight excluding hydrogens is 484 g/mol. The molecule has 0 radical (unpaired) electrons. The van der Waals surface area contributed by atoms with E-state index in [2.05, 4.69) is 12.2 Å². The average molecular weight is 521 g/mol. The van der Waals surface area contributed by atoms with Crippen LogP contribution in [0.4, 0.5) is 4.79 Å². The zero-order valence-corrected chi connectivity index (χ0v) is 22.4. The van der Waals surface area contributed by atoms with Gasteiger partial charge in [-0.25, -0.2) is 14.5 Å². The summed E-state index contributed by atoms with van der Waals surface area (Å²) in [7, 11) is 2.66. The number of amides is 3. The summed E-state index contributed by atoms with van der Waals surface area (Å²) in [5.41, 5.74) is -0.918. The zero-order chi connectivity index (χ0) is 27.5. The highest BCUT2D eigenvalue weighted by Crippen LogP contribution is 2.36. The minimum absolute atomic E-state index is 0.0124. The molecule has 2 unspecified atom stereocenters. The number of methoxy groups -OCH3 is 2. The Hall–Kier alpha value is -3.91. The Morgan fingerprint density at radius 1 is 1.00 bits per heavy atom. The van der Waals surface area contributed by atoms with Gasteiger partial charge in [-0.1, -0.05) is 93.8 Å². The van der Waals surface area contributed by atoms with Gasteiger partial charge in [-0.05, 0) is 35.6 Å². The van der Waals surface area contributed by atoms with E-state index < -0.39 is 23.6 Å². The number of nitrogens with zero attached hydrogens (tertiary/aromatic N) is 1. The lowest BCUT2D eigenvalue weighted by Crippen LogP contribution is -2.59. The largest absolute Gasteiger partial charge is 0.495 e. The standard InChI is InChI=1S/C30H36N2O6/c1-5-7-14-22(6-2)21-38-28(34)30(37-4,26(36-3)20-24-17-12-9-13-18-24)32-25(27(33)31-29(32)35)19-23-15-10-8-11-16-23/h8-13,15-20,22H,5-7,14,21H2,1-4H3,(H,31,33,35). The Morgan fingerprint density at radius 3 is 2.18 bits per heavy atom. The normalized spacial score (nSPS) is 17.2. The Bertz CT molecular complexity index is 1160. The van der Waals surface area contributed by atoms with Crippen LogP contribution in [0.3, 0.4) is 0 Å². The molecule has 0 aromatic heterocycles. The fourth-order valence-electron chi connectivity index (χ4n) is 4.34. The second-order valence-electron chi connectivity index (χ2n) is 9.02. The van der Waals surface area contributed by atoms with Crippen molar-refractivity contribution in [2.24, 2.45) is 5.92 Å². The smallest absolute Gasteiger partial charge is 0.369 e. The van der Waals surface area contributed by atoms with Crippen LogP contribution in [0.25, 0.3) is 12.2 Å². The number of nitrogens with one attached hydrogen (secondary N) is 1. The lowest BCUT2D eigenvalue weighted by atomic mass is 10.0. The van der Waals surface area contributed by atoms with Crippen LogP contribution in [0, 0.1) is 5.92 Å². The molecule has 1 heterocycles. The van der Waals surface area contributed by atoms with Gasteiger partial charge in [0.2, 0.25) is 0 Å². The molecule has 0 bridgehead atoms. The first-order chi connectivity index (χ1) is 18.4. The molecule has 1 N–H and O–H groups in total. The van der Waals surface area contributed by atoms with Gasteiger partial charge in [0.15, 0.2) is 5.76 Å². The minimum atomic E-state index is -2.20. The number of urea groups is 1. The summed E-state index contributed by atoms with van der Waals surface area (Å²) >= 11 is 0.